The highest BCUT2D eigenvalue weighted by Gasteiger charge is 2.17. The van der Waals surface area contributed by atoms with Crippen LogP contribution in [0, 0.1) is 13.8 Å². The van der Waals surface area contributed by atoms with E-state index in [1.165, 1.54) is 4.68 Å². The lowest BCUT2D eigenvalue weighted by Gasteiger charge is -2.07. The van der Waals surface area contributed by atoms with Gasteiger partial charge in [0.05, 0.1) is 23.7 Å². The minimum Gasteiger partial charge on any atom is -0.465 e. The smallest absolute Gasteiger partial charge is 0.327 e. The van der Waals surface area contributed by atoms with E-state index in [4.69, 9.17) is 4.74 Å². The fraction of sp³-hybridized carbons (Fsp3) is 0.333. The maximum Gasteiger partial charge on any atom is 0.327 e. The SMILES string of the molecule is CCOC(=O)Cn1nc(C)c(NC(=O)c2ccncc2)c1C.Cl. The lowest BCUT2D eigenvalue weighted by atomic mass is 10.2. The quantitative estimate of drug-likeness (QED) is 0.844. The molecule has 0 radical (unpaired) electrons. The Morgan fingerprint density at radius 1 is 1.26 bits per heavy atom. The molecule has 2 aromatic rings. The molecular formula is C15H19ClN4O3. The Hall–Kier alpha value is -2.41. The molecule has 8 heteroatoms. The Balaban J connectivity index is 0.00000264. The number of esters is 1. The maximum atomic E-state index is 12.2. The van der Waals surface area contributed by atoms with Gasteiger partial charge < -0.3 is 10.1 Å². The molecule has 2 rings (SSSR count). The van der Waals surface area contributed by atoms with Crippen LogP contribution in [0.3, 0.4) is 0 Å². The second-order valence-corrected chi connectivity index (χ2v) is 4.70. The van der Waals surface area contributed by atoms with Gasteiger partial charge in [0.2, 0.25) is 0 Å². The van der Waals surface area contributed by atoms with Crippen molar-refractivity contribution >= 4 is 30.0 Å². The van der Waals surface area contributed by atoms with Crippen LogP contribution in [0.4, 0.5) is 5.69 Å². The van der Waals surface area contributed by atoms with Crippen molar-refractivity contribution in [1.29, 1.82) is 0 Å². The zero-order valence-corrected chi connectivity index (χ0v) is 14.0. The van der Waals surface area contributed by atoms with Gasteiger partial charge >= 0.3 is 5.97 Å². The zero-order chi connectivity index (χ0) is 16.1. The molecule has 0 fully saturated rings. The van der Waals surface area contributed by atoms with E-state index in [2.05, 4.69) is 15.4 Å². The summed E-state index contributed by atoms with van der Waals surface area (Å²) in [5, 5.41) is 7.09. The lowest BCUT2D eigenvalue weighted by molar-refractivity contribution is -0.144. The van der Waals surface area contributed by atoms with Crippen LogP contribution >= 0.6 is 12.4 Å². The van der Waals surface area contributed by atoms with E-state index in [-0.39, 0.29) is 30.8 Å². The predicted octanol–water partition coefficient (Wildman–Crippen LogP) is 2.13. The summed E-state index contributed by atoms with van der Waals surface area (Å²) in [6.07, 6.45) is 3.11. The van der Waals surface area contributed by atoms with Crippen LogP contribution in [-0.4, -0.2) is 33.2 Å². The molecule has 124 valence electrons. The molecule has 2 aromatic heterocycles. The van der Waals surface area contributed by atoms with E-state index in [9.17, 15) is 9.59 Å². The molecule has 2 heterocycles. The molecule has 0 aromatic carbocycles. The van der Waals surface area contributed by atoms with Gasteiger partial charge in [0.25, 0.3) is 5.91 Å². The topological polar surface area (TPSA) is 86.1 Å². The first-order chi connectivity index (χ1) is 10.5. The van der Waals surface area contributed by atoms with Crippen molar-refractivity contribution in [1.82, 2.24) is 14.8 Å². The molecule has 0 bridgehead atoms. The Morgan fingerprint density at radius 3 is 2.52 bits per heavy atom. The van der Waals surface area contributed by atoms with E-state index in [1.54, 1.807) is 45.3 Å². The normalized spacial score (nSPS) is 9.87. The number of hydrogen-bond acceptors (Lipinski definition) is 5. The number of aromatic nitrogens is 3. The second-order valence-electron chi connectivity index (χ2n) is 4.70. The molecule has 0 unspecified atom stereocenters. The highest BCUT2D eigenvalue weighted by molar-refractivity contribution is 6.04. The summed E-state index contributed by atoms with van der Waals surface area (Å²) in [6.45, 7) is 5.66. The van der Waals surface area contributed by atoms with Gasteiger partial charge in [-0.3, -0.25) is 19.3 Å². The van der Waals surface area contributed by atoms with Crippen LogP contribution in [0.5, 0.6) is 0 Å². The number of anilines is 1. The van der Waals surface area contributed by atoms with E-state index < -0.39 is 0 Å². The Labute approximate surface area is 140 Å². The molecule has 1 N–H and O–H groups in total. The van der Waals surface area contributed by atoms with E-state index in [0.29, 0.717) is 29.2 Å². The summed E-state index contributed by atoms with van der Waals surface area (Å²) in [7, 11) is 0. The molecule has 0 aliphatic rings. The van der Waals surface area contributed by atoms with Gasteiger partial charge in [0, 0.05) is 18.0 Å². The zero-order valence-electron chi connectivity index (χ0n) is 13.2. The molecule has 0 aliphatic carbocycles. The maximum absolute atomic E-state index is 12.2. The number of amides is 1. The van der Waals surface area contributed by atoms with Gasteiger partial charge in [-0.25, -0.2) is 0 Å². The number of carbonyl (C=O) groups excluding carboxylic acids is 2. The summed E-state index contributed by atoms with van der Waals surface area (Å²) in [5.74, 6) is -0.607. The number of aryl methyl sites for hydroxylation is 1. The lowest BCUT2D eigenvalue weighted by Crippen LogP contribution is -2.16. The highest BCUT2D eigenvalue weighted by atomic mass is 35.5. The van der Waals surface area contributed by atoms with Gasteiger partial charge in [0.15, 0.2) is 0 Å². The summed E-state index contributed by atoms with van der Waals surface area (Å²) < 4.78 is 6.43. The van der Waals surface area contributed by atoms with Gasteiger partial charge in [-0.05, 0) is 32.9 Å². The minimum absolute atomic E-state index is 0. The van der Waals surface area contributed by atoms with Gasteiger partial charge in [-0.15, -0.1) is 12.4 Å². The number of nitrogens with zero attached hydrogens (tertiary/aromatic N) is 3. The third-order valence-corrected chi connectivity index (χ3v) is 3.15. The summed E-state index contributed by atoms with van der Waals surface area (Å²) in [6, 6.07) is 3.26. The molecule has 23 heavy (non-hydrogen) atoms. The van der Waals surface area contributed by atoms with Crippen LogP contribution < -0.4 is 5.32 Å². The Morgan fingerprint density at radius 2 is 1.91 bits per heavy atom. The van der Waals surface area contributed by atoms with Crippen molar-refractivity contribution in [3.63, 3.8) is 0 Å². The van der Waals surface area contributed by atoms with E-state index in [1.807, 2.05) is 0 Å². The number of pyridine rings is 1. The third kappa shape index (κ3) is 4.53. The van der Waals surface area contributed by atoms with Crippen molar-refractivity contribution in [2.45, 2.75) is 27.3 Å². The van der Waals surface area contributed by atoms with Gasteiger partial charge in [0.1, 0.15) is 6.54 Å². The van der Waals surface area contributed by atoms with Crippen molar-refractivity contribution in [3.8, 4) is 0 Å². The average Bonchev–Trinajstić information content (AvgIpc) is 2.76. The highest BCUT2D eigenvalue weighted by Crippen LogP contribution is 2.20. The minimum atomic E-state index is -0.361. The Kier molecular flexibility index (Phi) is 6.71. The fourth-order valence-electron chi connectivity index (χ4n) is 2.05. The van der Waals surface area contributed by atoms with Gasteiger partial charge in [-0.2, -0.15) is 5.10 Å². The monoisotopic (exact) mass is 338 g/mol. The molecule has 7 nitrogen and oxygen atoms in total. The average molecular weight is 339 g/mol. The third-order valence-electron chi connectivity index (χ3n) is 3.15. The molecule has 0 spiro atoms. The number of ether oxygens (including phenoxy) is 1. The molecule has 0 atom stereocenters. The molecule has 0 aliphatic heterocycles. The summed E-state index contributed by atoms with van der Waals surface area (Å²) in [4.78, 5) is 27.6. The predicted molar refractivity (Wildman–Crippen MR) is 87.8 cm³/mol. The van der Waals surface area contributed by atoms with Crippen LogP contribution in [0.2, 0.25) is 0 Å². The molecular weight excluding hydrogens is 320 g/mol. The number of rotatable bonds is 5. The van der Waals surface area contributed by atoms with Crippen molar-refractivity contribution in [2.75, 3.05) is 11.9 Å². The largest absolute Gasteiger partial charge is 0.465 e. The number of carbonyl (C=O) groups is 2. The second kappa shape index (κ2) is 8.28. The van der Waals surface area contributed by atoms with Crippen LogP contribution in [-0.2, 0) is 16.1 Å². The number of hydrogen-bond donors (Lipinski definition) is 1. The number of halogens is 1. The standard InChI is InChI=1S/C15H18N4O3.ClH/c1-4-22-13(20)9-19-11(3)14(10(2)18-19)17-15(21)12-5-7-16-8-6-12;/h5-8H,4,9H2,1-3H3,(H,17,21);1H. The molecule has 0 saturated carbocycles. The van der Waals surface area contributed by atoms with Crippen LogP contribution in [0.1, 0.15) is 28.7 Å². The van der Waals surface area contributed by atoms with Crippen LogP contribution in [0.25, 0.3) is 0 Å². The first-order valence-electron chi connectivity index (χ1n) is 6.94. The first-order valence-corrected chi connectivity index (χ1v) is 6.94. The first kappa shape index (κ1) is 18.6. The van der Waals surface area contributed by atoms with Crippen molar-refractivity contribution in [2.24, 2.45) is 0 Å². The summed E-state index contributed by atoms with van der Waals surface area (Å²) >= 11 is 0. The fourth-order valence-corrected chi connectivity index (χ4v) is 2.05. The van der Waals surface area contributed by atoms with E-state index in [0.717, 1.165) is 0 Å². The van der Waals surface area contributed by atoms with Crippen LogP contribution in [0.15, 0.2) is 24.5 Å². The van der Waals surface area contributed by atoms with E-state index >= 15 is 0 Å². The molecule has 0 saturated heterocycles. The summed E-state index contributed by atoms with van der Waals surface area (Å²) in [5.41, 5.74) is 2.45. The number of nitrogens with one attached hydrogen (secondary N) is 1. The molecule has 1 amide bonds. The van der Waals surface area contributed by atoms with Gasteiger partial charge in [-0.1, -0.05) is 0 Å². The Bertz CT molecular complexity index is 686. The van der Waals surface area contributed by atoms with Crippen molar-refractivity contribution < 1.29 is 14.3 Å². The van der Waals surface area contributed by atoms with Crippen molar-refractivity contribution in [3.05, 3.63) is 41.5 Å².